The molecule has 1 fully saturated rings. The Kier molecular flexibility index (Phi) is 3.60. The average molecular weight is 271 g/mol. The highest BCUT2D eigenvalue weighted by Crippen LogP contribution is 2.21. The molecule has 1 saturated carbocycles. The standard InChI is InChI=1S/C15H17N3S/c1-16-15-18(17-13-9-5-6-10-13)14(11-19-15)12-7-3-2-4-8-12/h2-4,7-8,11H,5-6,9-10H2,1H3. The van der Waals surface area contributed by atoms with Crippen LogP contribution in [0.2, 0.25) is 0 Å². The molecule has 0 bridgehead atoms. The Bertz CT molecular complexity index is 642. The lowest BCUT2D eigenvalue weighted by atomic mass is 10.2. The highest BCUT2D eigenvalue weighted by Gasteiger charge is 2.11. The van der Waals surface area contributed by atoms with Crippen LogP contribution in [0.3, 0.4) is 0 Å². The molecule has 3 nitrogen and oxygen atoms in total. The molecule has 98 valence electrons. The van der Waals surface area contributed by atoms with Crippen LogP contribution in [-0.2, 0) is 0 Å². The maximum absolute atomic E-state index is 4.82. The molecule has 0 radical (unpaired) electrons. The SMILES string of the molecule is CN=c1scc(-c2ccccc2)n1N=C1CCCC1. The van der Waals surface area contributed by atoms with Gasteiger partial charge < -0.3 is 0 Å². The van der Waals surface area contributed by atoms with Crippen LogP contribution in [0.1, 0.15) is 25.7 Å². The lowest BCUT2D eigenvalue weighted by Crippen LogP contribution is -2.13. The van der Waals surface area contributed by atoms with Crippen molar-refractivity contribution in [2.75, 3.05) is 7.05 Å². The smallest absolute Gasteiger partial charge is 0.205 e. The molecule has 0 unspecified atom stereocenters. The monoisotopic (exact) mass is 271 g/mol. The number of benzene rings is 1. The van der Waals surface area contributed by atoms with E-state index in [1.54, 1.807) is 11.3 Å². The van der Waals surface area contributed by atoms with E-state index in [1.165, 1.54) is 24.1 Å². The van der Waals surface area contributed by atoms with Gasteiger partial charge in [0.2, 0.25) is 4.80 Å². The first-order chi connectivity index (χ1) is 9.38. The van der Waals surface area contributed by atoms with Gasteiger partial charge in [-0.2, -0.15) is 5.10 Å². The fourth-order valence-electron chi connectivity index (χ4n) is 2.38. The fourth-order valence-corrected chi connectivity index (χ4v) is 3.18. The number of hydrogen-bond acceptors (Lipinski definition) is 3. The van der Waals surface area contributed by atoms with Crippen molar-refractivity contribution in [3.05, 3.63) is 40.5 Å². The summed E-state index contributed by atoms with van der Waals surface area (Å²) in [6.07, 6.45) is 4.78. The van der Waals surface area contributed by atoms with Crippen molar-refractivity contribution in [1.29, 1.82) is 0 Å². The molecule has 0 N–H and O–H groups in total. The van der Waals surface area contributed by atoms with Gasteiger partial charge in [0.05, 0.1) is 5.69 Å². The molecule has 1 aromatic carbocycles. The first-order valence-electron chi connectivity index (χ1n) is 6.64. The Balaban J connectivity index is 2.11. The van der Waals surface area contributed by atoms with Crippen LogP contribution in [0.4, 0.5) is 0 Å². The molecular formula is C15H17N3S. The molecule has 0 saturated heterocycles. The first-order valence-corrected chi connectivity index (χ1v) is 7.52. The third kappa shape index (κ3) is 2.54. The average Bonchev–Trinajstić information content (AvgIpc) is 3.10. The molecule has 1 aliphatic rings. The van der Waals surface area contributed by atoms with Crippen molar-refractivity contribution in [3.8, 4) is 11.3 Å². The van der Waals surface area contributed by atoms with Crippen molar-refractivity contribution in [2.45, 2.75) is 25.7 Å². The van der Waals surface area contributed by atoms with Gasteiger partial charge in [-0.25, -0.2) is 4.68 Å². The van der Waals surface area contributed by atoms with Gasteiger partial charge in [0.25, 0.3) is 0 Å². The van der Waals surface area contributed by atoms with Gasteiger partial charge in [-0.15, -0.1) is 11.3 Å². The fraction of sp³-hybridized carbons (Fsp3) is 0.333. The van der Waals surface area contributed by atoms with Crippen LogP contribution in [0, 0.1) is 0 Å². The highest BCUT2D eigenvalue weighted by molar-refractivity contribution is 7.07. The molecule has 1 aromatic heterocycles. The molecule has 0 spiro atoms. The molecule has 0 atom stereocenters. The number of rotatable bonds is 2. The quantitative estimate of drug-likeness (QED) is 0.800. The van der Waals surface area contributed by atoms with Crippen molar-refractivity contribution >= 4 is 17.0 Å². The summed E-state index contributed by atoms with van der Waals surface area (Å²) in [5.74, 6) is 0. The summed E-state index contributed by atoms with van der Waals surface area (Å²) in [6.45, 7) is 0. The van der Waals surface area contributed by atoms with E-state index >= 15 is 0 Å². The number of aromatic nitrogens is 1. The number of hydrogen-bond donors (Lipinski definition) is 0. The maximum atomic E-state index is 4.82. The molecule has 19 heavy (non-hydrogen) atoms. The summed E-state index contributed by atoms with van der Waals surface area (Å²) in [7, 11) is 1.83. The highest BCUT2D eigenvalue weighted by atomic mass is 32.1. The lowest BCUT2D eigenvalue weighted by Gasteiger charge is -2.04. The summed E-state index contributed by atoms with van der Waals surface area (Å²) in [5, 5.41) is 6.95. The third-order valence-electron chi connectivity index (χ3n) is 3.37. The Morgan fingerprint density at radius 3 is 2.53 bits per heavy atom. The van der Waals surface area contributed by atoms with Crippen molar-refractivity contribution in [2.24, 2.45) is 10.1 Å². The second-order valence-electron chi connectivity index (χ2n) is 4.68. The predicted molar refractivity (Wildman–Crippen MR) is 80.5 cm³/mol. The largest absolute Gasteiger partial charge is 0.261 e. The molecular weight excluding hydrogens is 254 g/mol. The first kappa shape index (κ1) is 12.4. The summed E-state index contributed by atoms with van der Waals surface area (Å²) >= 11 is 1.64. The van der Waals surface area contributed by atoms with Gasteiger partial charge in [0.1, 0.15) is 0 Å². The minimum atomic E-state index is 0.957. The number of nitrogens with zero attached hydrogens (tertiary/aromatic N) is 3. The Hall–Kier alpha value is -1.68. The molecule has 3 rings (SSSR count). The molecule has 2 aromatic rings. The van der Waals surface area contributed by atoms with E-state index in [0.717, 1.165) is 23.3 Å². The van der Waals surface area contributed by atoms with Gasteiger partial charge in [-0.1, -0.05) is 30.3 Å². The molecule has 4 heteroatoms. The Labute approximate surface area is 117 Å². The molecule has 1 heterocycles. The van der Waals surface area contributed by atoms with E-state index in [1.807, 2.05) is 17.8 Å². The van der Waals surface area contributed by atoms with Crippen LogP contribution in [-0.4, -0.2) is 17.4 Å². The van der Waals surface area contributed by atoms with Gasteiger partial charge in [0.15, 0.2) is 0 Å². The van der Waals surface area contributed by atoms with Crippen LogP contribution < -0.4 is 4.80 Å². The van der Waals surface area contributed by atoms with E-state index in [4.69, 9.17) is 5.10 Å². The second-order valence-corrected chi connectivity index (χ2v) is 5.51. The van der Waals surface area contributed by atoms with Gasteiger partial charge in [-0.05, 0) is 25.7 Å². The minimum Gasteiger partial charge on any atom is -0.261 e. The zero-order valence-electron chi connectivity index (χ0n) is 11.0. The van der Waals surface area contributed by atoms with Crippen LogP contribution in [0.5, 0.6) is 0 Å². The van der Waals surface area contributed by atoms with E-state index in [9.17, 15) is 0 Å². The van der Waals surface area contributed by atoms with Gasteiger partial charge >= 0.3 is 0 Å². The molecule has 0 amide bonds. The van der Waals surface area contributed by atoms with Crippen molar-refractivity contribution in [1.82, 2.24) is 4.68 Å². The van der Waals surface area contributed by atoms with E-state index < -0.39 is 0 Å². The molecule has 0 aliphatic heterocycles. The summed E-state index contributed by atoms with van der Waals surface area (Å²) < 4.78 is 2.00. The Morgan fingerprint density at radius 1 is 1.11 bits per heavy atom. The summed E-state index contributed by atoms with van der Waals surface area (Å²) in [6, 6.07) is 10.4. The Morgan fingerprint density at radius 2 is 1.84 bits per heavy atom. The van der Waals surface area contributed by atoms with Crippen molar-refractivity contribution < 1.29 is 0 Å². The zero-order chi connectivity index (χ0) is 13.1. The van der Waals surface area contributed by atoms with Gasteiger partial charge in [-0.3, -0.25) is 4.99 Å². The van der Waals surface area contributed by atoms with E-state index in [-0.39, 0.29) is 0 Å². The second kappa shape index (κ2) is 5.53. The predicted octanol–water partition coefficient (Wildman–Crippen LogP) is 3.53. The van der Waals surface area contributed by atoms with Crippen molar-refractivity contribution in [3.63, 3.8) is 0 Å². The molecule has 1 aliphatic carbocycles. The zero-order valence-corrected chi connectivity index (χ0v) is 11.9. The summed E-state index contributed by atoms with van der Waals surface area (Å²) in [5.41, 5.74) is 3.62. The van der Waals surface area contributed by atoms with E-state index in [2.05, 4.69) is 34.6 Å². The number of thiazole rings is 1. The maximum Gasteiger partial charge on any atom is 0.205 e. The normalized spacial score (nSPS) is 16.1. The lowest BCUT2D eigenvalue weighted by molar-refractivity contribution is 0.835. The third-order valence-corrected chi connectivity index (χ3v) is 4.28. The van der Waals surface area contributed by atoms with Crippen LogP contribution in [0.15, 0.2) is 45.8 Å². The topological polar surface area (TPSA) is 29.6 Å². The van der Waals surface area contributed by atoms with Gasteiger partial charge in [0, 0.05) is 23.7 Å². The van der Waals surface area contributed by atoms with Crippen LogP contribution >= 0.6 is 11.3 Å². The van der Waals surface area contributed by atoms with E-state index in [0.29, 0.717) is 0 Å². The minimum absolute atomic E-state index is 0.957. The van der Waals surface area contributed by atoms with Crippen LogP contribution in [0.25, 0.3) is 11.3 Å². The summed E-state index contributed by atoms with van der Waals surface area (Å²) in [4.78, 5) is 5.29.